The molecule has 0 fully saturated rings. The maximum Gasteiger partial charge on any atom is 0.257 e. The van der Waals surface area contributed by atoms with Crippen LogP contribution in [0.15, 0.2) is 24.3 Å². The molecule has 0 aliphatic heterocycles. The second kappa shape index (κ2) is 6.12. The first kappa shape index (κ1) is 12.5. The number of hydrogen-bond donors (Lipinski definition) is 2. The molecular formula is C12H18N2O2. The molecule has 4 heteroatoms. The monoisotopic (exact) mass is 222 g/mol. The quantitative estimate of drug-likeness (QED) is 0.771. The Kier molecular flexibility index (Phi) is 4.79. The molecule has 16 heavy (non-hydrogen) atoms. The second-order valence-electron chi connectivity index (χ2n) is 3.79. The van der Waals surface area contributed by atoms with Crippen LogP contribution in [0.5, 0.6) is 5.75 Å². The van der Waals surface area contributed by atoms with Crippen LogP contribution in [0, 0.1) is 0 Å². The zero-order valence-electron chi connectivity index (χ0n) is 9.69. The third kappa shape index (κ3) is 4.31. The molecule has 4 nitrogen and oxygen atoms in total. The van der Waals surface area contributed by atoms with E-state index in [4.69, 9.17) is 10.5 Å². The molecule has 0 spiro atoms. The third-order valence-corrected chi connectivity index (χ3v) is 2.13. The summed E-state index contributed by atoms with van der Waals surface area (Å²) in [6, 6.07) is 7.77. The van der Waals surface area contributed by atoms with Gasteiger partial charge in [-0.2, -0.15) is 0 Å². The van der Waals surface area contributed by atoms with Gasteiger partial charge < -0.3 is 15.8 Å². The highest BCUT2D eigenvalue weighted by Gasteiger charge is 2.01. The van der Waals surface area contributed by atoms with Crippen LogP contribution in [0.25, 0.3) is 0 Å². The number of benzene rings is 1. The van der Waals surface area contributed by atoms with Crippen molar-refractivity contribution in [3.8, 4) is 5.75 Å². The molecule has 88 valence electrons. The van der Waals surface area contributed by atoms with Crippen LogP contribution in [-0.4, -0.2) is 25.6 Å². The molecule has 0 heterocycles. The number of carbonyl (C=O) groups is 1. The smallest absolute Gasteiger partial charge is 0.257 e. The van der Waals surface area contributed by atoms with Gasteiger partial charge in [-0.15, -0.1) is 0 Å². The van der Waals surface area contributed by atoms with Crippen LogP contribution in [0.4, 0.5) is 0 Å². The van der Waals surface area contributed by atoms with E-state index >= 15 is 0 Å². The minimum absolute atomic E-state index is 0.0448. The minimum Gasteiger partial charge on any atom is -0.484 e. The summed E-state index contributed by atoms with van der Waals surface area (Å²) in [5.74, 6) is 0.552. The molecule has 1 rings (SSSR count). The lowest BCUT2D eigenvalue weighted by molar-refractivity contribution is -0.122. The van der Waals surface area contributed by atoms with E-state index in [-0.39, 0.29) is 18.6 Å². The summed E-state index contributed by atoms with van der Waals surface area (Å²) in [5, 5.41) is 2.49. The Morgan fingerprint density at radius 3 is 2.56 bits per heavy atom. The lowest BCUT2D eigenvalue weighted by Gasteiger charge is -2.07. The molecule has 0 saturated heterocycles. The lowest BCUT2D eigenvalue weighted by Crippen LogP contribution is -2.24. The predicted molar refractivity (Wildman–Crippen MR) is 63.4 cm³/mol. The molecule has 0 aliphatic carbocycles. The van der Waals surface area contributed by atoms with Gasteiger partial charge in [0, 0.05) is 13.1 Å². The van der Waals surface area contributed by atoms with Crippen molar-refractivity contribution >= 4 is 5.91 Å². The zero-order chi connectivity index (χ0) is 12.0. The van der Waals surface area contributed by atoms with E-state index < -0.39 is 0 Å². The van der Waals surface area contributed by atoms with Crippen molar-refractivity contribution in [1.82, 2.24) is 5.32 Å². The Morgan fingerprint density at radius 1 is 1.44 bits per heavy atom. The fourth-order valence-electron chi connectivity index (χ4n) is 1.31. The van der Waals surface area contributed by atoms with E-state index in [9.17, 15) is 4.79 Å². The van der Waals surface area contributed by atoms with Gasteiger partial charge in [0.1, 0.15) is 5.75 Å². The second-order valence-corrected chi connectivity index (χ2v) is 3.79. The van der Waals surface area contributed by atoms with Crippen molar-refractivity contribution in [1.29, 1.82) is 0 Å². The summed E-state index contributed by atoms with van der Waals surface area (Å²) in [4.78, 5) is 10.9. The first-order chi connectivity index (χ1) is 7.61. The van der Waals surface area contributed by atoms with Gasteiger partial charge in [0.25, 0.3) is 5.91 Å². The van der Waals surface area contributed by atoms with Crippen molar-refractivity contribution in [3.63, 3.8) is 0 Å². The maximum absolute atomic E-state index is 10.9. The predicted octanol–water partition coefficient (Wildman–Crippen LogP) is 0.701. The number of amides is 1. The highest BCUT2D eigenvalue weighted by Crippen LogP contribution is 2.12. The van der Waals surface area contributed by atoms with Crippen LogP contribution in [0.1, 0.15) is 12.5 Å². The summed E-state index contributed by atoms with van der Waals surface area (Å²) in [6.45, 7) is 2.01. The number of nitrogens with one attached hydrogen (secondary N) is 1. The molecule has 0 aromatic heterocycles. The fraction of sp³-hybridized carbons (Fsp3) is 0.417. The summed E-state index contributed by atoms with van der Waals surface area (Å²) in [7, 11) is 1.58. The number of ether oxygens (including phenoxy) is 1. The average Bonchev–Trinajstić information content (AvgIpc) is 2.27. The number of hydrogen-bond acceptors (Lipinski definition) is 3. The summed E-state index contributed by atoms with van der Waals surface area (Å²) in [5.41, 5.74) is 6.86. The van der Waals surface area contributed by atoms with Crippen molar-refractivity contribution in [2.24, 2.45) is 5.73 Å². The first-order valence-electron chi connectivity index (χ1n) is 5.29. The van der Waals surface area contributed by atoms with Crippen LogP contribution in [0.2, 0.25) is 0 Å². The van der Waals surface area contributed by atoms with Crippen LogP contribution < -0.4 is 15.8 Å². The number of likely N-dealkylation sites (N-methyl/N-ethyl adjacent to an activating group) is 1. The molecular weight excluding hydrogens is 204 g/mol. The minimum atomic E-state index is -0.139. The number of rotatable bonds is 5. The summed E-state index contributed by atoms with van der Waals surface area (Å²) >= 11 is 0. The van der Waals surface area contributed by atoms with Gasteiger partial charge in [-0.1, -0.05) is 12.1 Å². The van der Waals surface area contributed by atoms with Crippen molar-refractivity contribution < 1.29 is 9.53 Å². The molecule has 0 bridgehead atoms. The normalized spacial score (nSPS) is 11.9. The van der Waals surface area contributed by atoms with Gasteiger partial charge in [0.15, 0.2) is 6.61 Å². The Labute approximate surface area is 95.8 Å². The van der Waals surface area contributed by atoms with Crippen molar-refractivity contribution in [3.05, 3.63) is 29.8 Å². The lowest BCUT2D eigenvalue weighted by atomic mass is 10.1. The Morgan fingerprint density at radius 2 is 2.06 bits per heavy atom. The Balaban J connectivity index is 2.48. The highest BCUT2D eigenvalue weighted by molar-refractivity contribution is 5.77. The van der Waals surface area contributed by atoms with Gasteiger partial charge in [0.05, 0.1) is 0 Å². The van der Waals surface area contributed by atoms with E-state index in [1.165, 1.54) is 5.56 Å². The molecule has 1 amide bonds. The third-order valence-electron chi connectivity index (χ3n) is 2.13. The van der Waals surface area contributed by atoms with E-state index in [1.54, 1.807) is 7.05 Å². The van der Waals surface area contributed by atoms with Gasteiger partial charge >= 0.3 is 0 Å². The van der Waals surface area contributed by atoms with Gasteiger partial charge in [-0.25, -0.2) is 0 Å². The molecule has 3 N–H and O–H groups in total. The molecule has 1 atom stereocenters. The molecule has 0 unspecified atom stereocenters. The van der Waals surface area contributed by atoms with Gasteiger partial charge in [-0.05, 0) is 31.0 Å². The van der Waals surface area contributed by atoms with Crippen LogP contribution in [-0.2, 0) is 11.2 Å². The Hall–Kier alpha value is -1.55. The standard InChI is InChI=1S/C12H18N2O2/c1-9(13)7-10-3-5-11(6-4-10)16-8-12(15)14-2/h3-6,9H,7-8,13H2,1-2H3,(H,14,15)/t9-/m1/s1. The van der Waals surface area contributed by atoms with E-state index in [1.807, 2.05) is 31.2 Å². The largest absolute Gasteiger partial charge is 0.484 e. The van der Waals surface area contributed by atoms with Gasteiger partial charge in [0.2, 0.25) is 0 Å². The van der Waals surface area contributed by atoms with Crippen LogP contribution >= 0.6 is 0 Å². The first-order valence-corrected chi connectivity index (χ1v) is 5.29. The molecule has 1 aromatic rings. The maximum atomic E-state index is 10.9. The Bertz CT molecular complexity index is 333. The zero-order valence-corrected chi connectivity index (χ0v) is 9.69. The van der Waals surface area contributed by atoms with Crippen LogP contribution in [0.3, 0.4) is 0 Å². The highest BCUT2D eigenvalue weighted by atomic mass is 16.5. The van der Waals surface area contributed by atoms with Crippen molar-refractivity contribution in [2.75, 3.05) is 13.7 Å². The van der Waals surface area contributed by atoms with Crippen molar-refractivity contribution in [2.45, 2.75) is 19.4 Å². The molecule has 1 aromatic carbocycles. The van der Waals surface area contributed by atoms with Gasteiger partial charge in [-0.3, -0.25) is 4.79 Å². The van der Waals surface area contributed by atoms with E-state index in [0.717, 1.165) is 6.42 Å². The SMILES string of the molecule is CNC(=O)COc1ccc(C[C@@H](C)N)cc1. The fourth-order valence-corrected chi connectivity index (χ4v) is 1.31. The van der Waals surface area contributed by atoms with E-state index in [2.05, 4.69) is 5.32 Å². The molecule has 0 saturated carbocycles. The number of nitrogens with two attached hydrogens (primary N) is 1. The molecule has 0 aliphatic rings. The summed E-state index contributed by atoms with van der Waals surface area (Å²) < 4.78 is 5.28. The topological polar surface area (TPSA) is 64.3 Å². The number of carbonyl (C=O) groups excluding carboxylic acids is 1. The molecule has 0 radical (unpaired) electrons. The average molecular weight is 222 g/mol. The summed E-state index contributed by atoms with van der Waals surface area (Å²) in [6.07, 6.45) is 0.843. The van der Waals surface area contributed by atoms with E-state index in [0.29, 0.717) is 5.75 Å².